The predicted octanol–water partition coefficient (Wildman–Crippen LogP) is 2.22. The van der Waals surface area contributed by atoms with Crippen LogP contribution in [0, 0.1) is 0 Å². The summed E-state index contributed by atoms with van der Waals surface area (Å²) in [4.78, 5) is 18.9. The Labute approximate surface area is 113 Å². The van der Waals surface area contributed by atoms with Gasteiger partial charge in [-0.1, -0.05) is 11.4 Å². The topological polar surface area (TPSA) is 71.0 Å². The first-order valence-electron chi connectivity index (χ1n) is 5.42. The first-order valence-corrected chi connectivity index (χ1v) is 7.01. The van der Waals surface area contributed by atoms with Gasteiger partial charge in [0.15, 0.2) is 0 Å². The number of aromatic nitrogens is 3. The molecule has 0 aromatic carbocycles. The van der Waals surface area contributed by atoms with Crippen molar-refractivity contribution < 1.29 is 4.79 Å². The molecule has 0 bridgehead atoms. The van der Waals surface area contributed by atoms with Crippen molar-refractivity contribution in [1.82, 2.24) is 19.5 Å². The summed E-state index contributed by atoms with van der Waals surface area (Å²) in [5, 5.41) is 7.95. The fourth-order valence-corrected chi connectivity index (χ4v) is 2.61. The lowest BCUT2D eigenvalue weighted by Gasteiger charge is -2.15. The number of hydrogen-bond donors (Lipinski definition) is 1. The number of carbonyl (C=O) groups is 1. The quantitative estimate of drug-likeness (QED) is 0.934. The molecule has 0 aliphatic carbocycles. The molecule has 8 heteroatoms. The molecule has 0 saturated heterocycles. The number of amides is 2. The van der Waals surface area contributed by atoms with E-state index >= 15 is 0 Å². The number of rotatable bonds is 4. The van der Waals surface area contributed by atoms with E-state index in [-0.39, 0.29) is 6.03 Å². The highest BCUT2D eigenvalue weighted by atomic mass is 32.1. The molecule has 0 aliphatic heterocycles. The minimum absolute atomic E-state index is 0.186. The molecule has 6 nitrogen and oxygen atoms in total. The normalized spacial score (nSPS) is 10.3. The van der Waals surface area contributed by atoms with Crippen LogP contribution in [0.25, 0.3) is 0 Å². The molecule has 0 spiro atoms. The van der Waals surface area contributed by atoms with Crippen LogP contribution in [0.2, 0.25) is 0 Å². The van der Waals surface area contributed by atoms with Crippen molar-refractivity contribution in [1.29, 1.82) is 0 Å². The number of hydrogen-bond acceptors (Lipinski definition) is 6. The van der Waals surface area contributed by atoms with Crippen molar-refractivity contribution in [2.45, 2.75) is 19.9 Å². The first-order chi connectivity index (χ1) is 8.69. The average molecular weight is 283 g/mol. The zero-order valence-electron chi connectivity index (χ0n) is 10.1. The predicted molar refractivity (Wildman–Crippen MR) is 71.9 cm³/mol. The Hall–Kier alpha value is -1.54. The van der Waals surface area contributed by atoms with Gasteiger partial charge in [-0.05, 0) is 6.42 Å². The van der Waals surface area contributed by atoms with Crippen molar-refractivity contribution in [2.24, 2.45) is 0 Å². The van der Waals surface area contributed by atoms with E-state index in [1.54, 1.807) is 23.3 Å². The van der Waals surface area contributed by atoms with Gasteiger partial charge in [0.1, 0.15) is 10.0 Å². The third kappa shape index (κ3) is 3.23. The van der Waals surface area contributed by atoms with Gasteiger partial charge in [0.05, 0.1) is 12.7 Å². The molecule has 2 amide bonds. The zero-order valence-corrected chi connectivity index (χ0v) is 11.7. The van der Waals surface area contributed by atoms with Crippen LogP contribution in [-0.2, 0) is 13.0 Å². The fourth-order valence-electron chi connectivity index (χ4n) is 1.28. The van der Waals surface area contributed by atoms with E-state index in [9.17, 15) is 4.79 Å². The monoisotopic (exact) mass is 283 g/mol. The van der Waals surface area contributed by atoms with E-state index in [0.29, 0.717) is 11.5 Å². The summed E-state index contributed by atoms with van der Waals surface area (Å²) in [6, 6.07) is -0.186. The maximum absolute atomic E-state index is 11.8. The molecule has 96 valence electrons. The van der Waals surface area contributed by atoms with Gasteiger partial charge in [-0.25, -0.2) is 9.78 Å². The minimum atomic E-state index is -0.186. The maximum atomic E-state index is 11.8. The van der Waals surface area contributed by atoms with Crippen LogP contribution in [0.5, 0.6) is 0 Å². The van der Waals surface area contributed by atoms with Crippen LogP contribution in [0.4, 0.5) is 9.80 Å². The Morgan fingerprint density at radius 1 is 1.50 bits per heavy atom. The Morgan fingerprint density at radius 3 is 2.94 bits per heavy atom. The maximum Gasteiger partial charge on any atom is 0.322 e. The summed E-state index contributed by atoms with van der Waals surface area (Å²) in [6.45, 7) is 2.59. The molecule has 0 fully saturated rings. The van der Waals surface area contributed by atoms with Crippen molar-refractivity contribution in [3.63, 3.8) is 0 Å². The molecule has 0 saturated carbocycles. The molecule has 18 heavy (non-hydrogen) atoms. The fraction of sp³-hybridized carbons (Fsp3) is 0.400. The van der Waals surface area contributed by atoms with E-state index in [2.05, 4.69) is 26.8 Å². The summed E-state index contributed by atoms with van der Waals surface area (Å²) < 4.78 is 3.68. The largest absolute Gasteiger partial charge is 0.322 e. The second kappa shape index (κ2) is 5.87. The van der Waals surface area contributed by atoms with Crippen LogP contribution < -0.4 is 5.32 Å². The lowest BCUT2D eigenvalue weighted by atomic mass is 10.4. The van der Waals surface area contributed by atoms with Gasteiger partial charge in [-0.2, -0.15) is 0 Å². The number of anilines is 1. The van der Waals surface area contributed by atoms with Gasteiger partial charge in [0.25, 0.3) is 0 Å². The Bertz CT molecular complexity index is 510. The van der Waals surface area contributed by atoms with Crippen molar-refractivity contribution in [2.75, 3.05) is 12.4 Å². The molecule has 0 radical (unpaired) electrons. The number of thiazole rings is 1. The lowest BCUT2D eigenvalue weighted by molar-refractivity contribution is 0.220. The van der Waals surface area contributed by atoms with E-state index in [0.717, 1.165) is 23.0 Å². The van der Waals surface area contributed by atoms with Crippen molar-refractivity contribution >= 4 is 33.9 Å². The average Bonchev–Trinajstić information content (AvgIpc) is 3.00. The lowest BCUT2D eigenvalue weighted by Crippen LogP contribution is -2.30. The minimum Gasteiger partial charge on any atom is -0.321 e. The molecule has 0 atom stereocenters. The third-order valence-corrected chi connectivity index (χ3v) is 3.97. The third-order valence-electron chi connectivity index (χ3n) is 2.26. The molecule has 2 rings (SSSR count). The van der Waals surface area contributed by atoms with Crippen LogP contribution >= 0.6 is 22.9 Å². The van der Waals surface area contributed by atoms with Gasteiger partial charge in [0.2, 0.25) is 0 Å². The van der Waals surface area contributed by atoms with Gasteiger partial charge < -0.3 is 4.90 Å². The zero-order chi connectivity index (χ0) is 13.0. The van der Waals surface area contributed by atoms with E-state index < -0.39 is 0 Å². The highest BCUT2D eigenvalue weighted by Crippen LogP contribution is 2.16. The molecular weight excluding hydrogens is 270 g/mol. The molecule has 1 N–H and O–H groups in total. The van der Waals surface area contributed by atoms with Crippen molar-refractivity contribution in [3.05, 3.63) is 22.3 Å². The first kappa shape index (κ1) is 12.9. The number of carbonyl (C=O) groups excluding carboxylic acids is 1. The molecule has 0 unspecified atom stereocenters. The Balaban J connectivity index is 1.90. The summed E-state index contributed by atoms with van der Waals surface area (Å²) >= 11 is 2.78. The highest BCUT2D eigenvalue weighted by Gasteiger charge is 2.12. The Kier molecular flexibility index (Phi) is 4.21. The molecule has 2 aromatic rings. The number of nitrogens with zero attached hydrogens (tertiary/aromatic N) is 4. The number of aryl methyl sites for hydroxylation is 1. The van der Waals surface area contributed by atoms with Gasteiger partial charge in [0, 0.05) is 29.7 Å². The number of urea groups is 1. The second-order valence-electron chi connectivity index (χ2n) is 3.64. The summed E-state index contributed by atoms with van der Waals surface area (Å²) in [7, 11) is 1.73. The standard InChI is InChI=1S/C10H13N5OS2/c1-3-7-4-11-9(17-7)6-15(2)10(16)13-8-5-12-14-18-8/h4-5H,3,6H2,1-2H3,(H,13,16). The molecule has 2 heterocycles. The number of nitrogens with one attached hydrogen (secondary N) is 1. The molecule has 2 aromatic heterocycles. The summed E-state index contributed by atoms with van der Waals surface area (Å²) in [6.07, 6.45) is 4.36. The van der Waals surface area contributed by atoms with Crippen LogP contribution in [0.15, 0.2) is 12.4 Å². The smallest absolute Gasteiger partial charge is 0.321 e. The van der Waals surface area contributed by atoms with E-state index in [4.69, 9.17) is 0 Å². The van der Waals surface area contributed by atoms with Crippen LogP contribution in [-0.4, -0.2) is 32.5 Å². The van der Waals surface area contributed by atoms with Crippen LogP contribution in [0.3, 0.4) is 0 Å². The SMILES string of the molecule is CCc1cnc(CN(C)C(=O)Nc2cnns2)s1. The highest BCUT2D eigenvalue weighted by molar-refractivity contribution is 7.11. The summed E-state index contributed by atoms with van der Waals surface area (Å²) in [5.41, 5.74) is 0. The van der Waals surface area contributed by atoms with Gasteiger partial charge >= 0.3 is 6.03 Å². The van der Waals surface area contributed by atoms with Gasteiger partial charge in [-0.15, -0.1) is 16.4 Å². The van der Waals surface area contributed by atoms with Crippen LogP contribution in [0.1, 0.15) is 16.8 Å². The van der Waals surface area contributed by atoms with Crippen molar-refractivity contribution in [3.8, 4) is 0 Å². The molecular formula is C10H13N5OS2. The van der Waals surface area contributed by atoms with E-state index in [1.165, 1.54) is 11.1 Å². The van der Waals surface area contributed by atoms with Gasteiger partial charge in [-0.3, -0.25) is 5.32 Å². The van der Waals surface area contributed by atoms with E-state index in [1.807, 2.05) is 6.20 Å². The summed E-state index contributed by atoms with van der Waals surface area (Å²) in [5.74, 6) is 0. The second-order valence-corrected chi connectivity index (χ2v) is 5.63. The Morgan fingerprint density at radius 2 is 2.33 bits per heavy atom. The molecule has 0 aliphatic rings.